The molecular weight excluding hydrogens is 206 g/mol. The van der Waals surface area contributed by atoms with Crippen molar-refractivity contribution in [2.45, 2.75) is 12.5 Å². The summed E-state index contributed by atoms with van der Waals surface area (Å²) in [6.45, 7) is 0.979. The number of benzene rings is 1. The predicted octanol–water partition coefficient (Wildman–Crippen LogP) is 0.885. The second-order valence-electron chi connectivity index (χ2n) is 3.99. The first-order chi connectivity index (χ1) is 7.63. The number of rotatable bonds is 2. The molecule has 0 fully saturated rings. The number of aliphatic hydroxyl groups is 1. The molecule has 1 aliphatic heterocycles. The first-order valence-corrected chi connectivity index (χ1v) is 5.23. The minimum atomic E-state index is -1.18. The van der Waals surface area contributed by atoms with Crippen molar-refractivity contribution in [3.8, 4) is 0 Å². The van der Waals surface area contributed by atoms with E-state index in [0.717, 1.165) is 13.0 Å². The average Bonchev–Trinajstić information content (AvgIpc) is 2.68. The highest BCUT2D eigenvalue weighted by Crippen LogP contribution is 2.29. The van der Waals surface area contributed by atoms with Crippen LogP contribution in [0.25, 0.3) is 0 Å². The standard InChI is InChI=1S/C12H15NO3/c1-13-6-5-8-7-9(3-4-10(8)13)11(14)12(15)16-2/h3-4,7,11,14H,5-6H2,1-2H3. The van der Waals surface area contributed by atoms with Crippen LogP contribution in [0.1, 0.15) is 17.2 Å². The highest BCUT2D eigenvalue weighted by Gasteiger charge is 2.21. The van der Waals surface area contributed by atoms with Crippen molar-refractivity contribution in [3.63, 3.8) is 0 Å². The van der Waals surface area contributed by atoms with E-state index in [1.807, 2.05) is 19.2 Å². The summed E-state index contributed by atoms with van der Waals surface area (Å²) < 4.78 is 4.51. The van der Waals surface area contributed by atoms with E-state index in [9.17, 15) is 9.90 Å². The number of carbonyl (C=O) groups is 1. The van der Waals surface area contributed by atoms with Crippen LogP contribution in [-0.4, -0.2) is 31.8 Å². The molecule has 1 N–H and O–H groups in total. The van der Waals surface area contributed by atoms with E-state index in [-0.39, 0.29) is 0 Å². The number of anilines is 1. The highest BCUT2D eigenvalue weighted by molar-refractivity contribution is 5.76. The maximum absolute atomic E-state index is 11.2. The fraction of sp³-hybridized carbons (Fsp3) is 0.417. The van der Waals surface area contributed by atoms with E-state index in [1.165, 1.54) is 18.4 Å². The number of hydrogen-bond donors (Lipinski definition) is 1. The van der Waals surface area contributed by atoms with E-state index in [2.05, 4.69) is 9.64 Å². The number of esters is 1. The van der Waals surface area contributed by atoms with Gasteiger partial charge in [-0.3, -0.25) is 0 Å². The molecule has 1 unspecified atom stereocenters. The SMILES string of the molecule is COC(=O)C(O)c1ccc2c(c1)CCN2C. The molecule has 4 nitrogen and oxygen atoms in total. The third kappa shape index (κ3) is 1.76. The summed E-state index contributed by atoms with van der Waals surface area (Å²) in [7, 11) is 3.30. The topological polar surface area (TPSA) is 49.8 Å². The lowest BCUT2D eigenvalue weighted by Gasteiger charge is -2.13. The Labute approximate surface area is 94.4 Å². The second-order valence-corrected chi connectivity index (χ2v) is 3.99. The zero-order chi connectivity index (χ0) is 11.7. The van der Waals surface area contributed by atoms with Crippen LogP contribution in [0.3, 0.4) is 0 Å². The van der Waals surface area contributed by atoms with Crippen molar-refractivity contribution in [2.24, 2.45) is 0 Å². The van der Waals surface area contributed by atoms with Gasteiger partial charge >= 0.3 is 5.97 Å². The Balaban J connectivity index is 2.28. The molecule has 0 radical (unpaired) electrons. The third-order valence-corrected chi connectivity index (χ3v) is 2.97. The number of likely N-dealkylation sites (N-methyl/N-ethyl adjacent to an activating group) is 1. The van der Waals surface area contributed by atoms with Gasteiger partial charge in [0.15, 0.2) is 6.10 Å². The molecule has 2 rings (SSSR count). The Bertz CT molecular complexity index is 417. The molecule has 0 bridgehead atoms. The Morgan fingerprint density at radius 2 is 2.31 bits per heavy atom. The molecule has 0 saturated carbocycles. The molecule has 0 amide bonds. The van der Waals surface area contributed by atoms with Gasteiger partial charge in [-0.25, -0.2) is 4.79 Å². The number of carbonyl (C=O) groups excluding carboxylic acids is 1. The maximum atomic E-state index is 11.2. The summed E-state index contributed by atoms with van der Waals surface area (Å²) in [4.78, 5) is 13.4. The minimum absolute atomic E-state index is 0.598. The molecule has 0 saturated heterocycles. The molecular formula is C12H15NO3. The molecule has 1 heterocycles. The van der Waals surface area contributed by atoms with Gasteiger partial charge in [0, 0.05) is 19.3 Å². The van der Waals surface area contributed by atoms with E-state index in [1.54, 1.807) is 6.07 Å². The predicted molar refractivity (Wildman–Crippen MR) is 60.4 cm³/mol. The summed E-state index contributed by atoms with van der Waals surface area (Å²) in [6.07, 6.45) is -0.227. The number of fused-ring (bicyclic) bond motifs is 1. The van der Waals surface area contributed by atoms with E-state index in [4.69, 9.17) is 0 Å². The molecule has 4 heteroatoms. The van der Waals surface area contributed by atoms with Crippen LogP contribution < -0.4 is 4.90 Å². The summed E-state index contributed by atoms with van der Waals surface area (Å²) in [5, 5.41) is 9.70. The second kappa shape index (κ2) is 4.14. The van der Waals surface area contributed by atoms with Crippen LogP contribution in [0.4, 0.5) is 5.69 Å². The Hall–Kier alpha value is -1.55. The zero-order valence-electron chi connectivity index (χ0n) is 9.43. The fourth-order valence-corrected chi connectivity index (χ4v) is 2.00. The summed E-state index contributed by atoms with van der Waals surface area (Å²) in [5.41, 5.74) is 2.93. The summed E-state index contributed by atoms with van der Waals surface area (Å²) in [6, 6.07) is 5.58. The van der Waals surface area contributed by atoms with Gasteiger partial charge in [0.2, 0.25) is 0 Å². The van der Waals surface area contributed by atoms with Gasteiger partial charge in [-0.15, -0.1) is 0 Å². The van der Waals surface area contributed by atoms with Crippen molar-refractivity contribution in [1.82, 2.24) is 0 Å². The van der Waals surface area contributed by atoms with Crippen LogP contribution in [0.5, 0.6) is 0 Å². The summed E-state index contributed by atoms with van der Waals surface area (Å²) >= 11 is 0. The minimum Gasteiger partial charge on any atom is -0.467 e. The molecule has 0 spiro atoms. The average molecular weight is 221 g/mol. The molecule has 0 aromatic heterocycles. The van der Waals surface area contributed by atoms with Gasteiger partial charge in [-0.05, 0) is 23.6 Å². The zero-order valence-corrected chi connectivity index (χ0v) is 9.43. The first-order valence-electron chi connectivity index (χ1n) is 5.23. The van der Waals surface area contributed by atoms with Crippen molar-refractivity contribution in [3.05, 3.63) is 29.3 Å². The Morgan fingerprint density at radius 3 is 3.00 bits per heavy atom. The number of aliphatic hydroxyl groups excluding tert-OH is 1. The van der Waals surface area contributed by atoms with Crippen LogP contribution in [0.2, 0.25) is 0 Å². The fourth-order valence-electron chi connectivity index (χ4n) is 2.00. The van der Waals surface area contributed by atoms with Gasteiger partial charge in [-0.1, -0.05) is 12.1 Å². The van der Waals surface area contributed by atoms with Gasteiger partial charge in [0.05, 0.1) is 7.11 Å². The first kappa shape index (κ1) is 11.0. The molecule has 1 atom stereocenters. The number of nitrogens with zero attached hydrogens (tertiary/aromatic N) is 1. The van der Waals surface area contributed by atoms with Crippen molar-refractivity contribution in [2.75, 3.05) is 25.6 Å². The van der Waals surface area contributed by atoms with Crippen molar-refractivity contribution >= 4 is 11.7 Å². The Morgan fingerprint density at radius 1 is 1.56 bits per heavy atom. The number of ether oxygens (including phenoxy) is 1. The molecule has 1 aromatic rings. The van der Waals surface area contributed by atoms with E-state index >= 15 is 0 Å². The van der Waals surface area contributed by atoms with Crippen molar-refractivity contribution in [1.29, 1.82) is 0 Å². The van der Waals surface area contributed by atoms with Gasteiger partial charge in [0.25, 0.3) is 0 Å². The highest BCUT2D eigenvalue weighted by atomic mass is 16.5. The van der Waals surface area contributed by atoms with Crippen molar-refractivity contribution < 1.29 is 14.6 Å². The number of hydrogen-bond acceptors (Lipinski definition) is 4. The van der Waals surface area contributed by atoms with E-state index < -0.39 is 12.1 Å². The lowest BCUT2D eigenvalue weighted by atomic mass is 10.0. The maximum Gasteiger partial charge on any atom is 0.339 e. The monoisotopic (exact) mass is 221 g/mol. The molecule has 86 valence electrons. The lowest BCUT2D eigenvalue weighted by molar-refractivity contribution is -0.150. The number of methoxy groups -OCH3 is 1. The van der Waals surface area contributed by atoms with Crippen LogP contribution >= 0.6 is 0 Å². The smallest absolute Gasteiger partial charge is 0.339 e. The van der Waals surface area contributed by atoms with Crippen LogP contribution in [0, 0.1) is 0 Å². The molecule has 1 aromatic carbocycles. The van der Waals surface area contributed by atoms with Gasteiger partial charge in [0.1, 0.15) is 0 Å². The van der Waals surface area contributed by atoms with Crippen LogP contribution in [0.15, 0.2) is 18.2 Å². The van der Waals surface area contributed by atoms with Crippen LogP contribution in [-0.2, 0) is 16.0 Å². The van der Waals surface area contributed by atoms with Gasteiger partial charge in [-0.2, -0.15) is 0 Å². The third-order valence-electron chi connectivity index (χ3n) is 2.97. The normalized spacial score (nSPS) is 15.8. The van der Waals surface area contributed by atoms with E-state index in [0.29, 0.717) is 5.56 Å². The van der Waals surface area contributed by atoms with Gasteiger partial charge < -0.3 is 14.7 Å². The largest absolute Gasteiger partial charge is 0.467 e. The molecule has 16 heavy (non-hydrogen) atoms. The molecule has 0 aliphatic carbocycles. The quantitative estimate of drug-likeness (QED) is 0.753. The Kier molecular flexibility index (Phi) is 2.83. The summed E-state index contributed by atoms with van der Waals surface area (Å²) in [5.74, 6) is -0.619. The lowest BCUT2D eigenvalue weighted by Crippen LogP contribution is -2.14. The molecule has 1 aliphatic rings.